The van der Waals surface area contributed by atoms with Gasteiger partial charge in [0, 0.05) is 17.6 Å². The van der Waals surface area contributed by atoms with Gasteiger partial charge in [-0.1, -0.05) is 6.92 Å². The van der Waals surface area contributed by atoms with Crippen molar-refractivity contribution in [2.24, 2.45) is 0 Å². The first-order valence-electron chi connectivity index (χ1n) is 9.76. The lowest BCUT2D eigenvalue weighted by Gasteiger charge is -2.33. The molecule has 1 aliphatic heterocycles. The zero-order valence-electron chi connectivity index (χ0n) is 17.4. The largest absolute Gasteiger partial charge is 0.497 e. The SMILES string of the molecule is CCC(C)N(C(=O)COC(=O)CNC(=O)c1ccc(OC)cc1)C1CCS(=O)(=O)C1. The molecule has 166 valence electrons. The second-order valence-corrected chi connectivity index (χ2v) is 9.42. The van der Waals surface area contributed by atoms with Crippen LogP contribution in [-0.4, -0.2) is 75.0 Å². The fourth-order valence-electron chi connectivity index (χ4n) is 3.27. The highest BCUT2D eigenvalue weighted by Crippen LogP contribution is 2.21. The Morgan fingerprint density at radius 2 is 1.90 bits per heavy atom. The van der Waals surface area contributed by atoms with E-state index in [2.05, 4.69) is 5.32 Å². The lowest BCUT2D eigenvalue weighted by molar-refractivity contribution is -0.153. The highest BCUT2D eigenvalue weighted by atomic mass is 32.2. The number of carbonyl (C=O) groups excluding carboxylic acids is 3. The predicted octanol–water partition coefficient (Wildman–Crippen LogP) is 0.782. The van der Waals surface area contributed by atoms with Gasteiger partial charge in [0.2, 0.25) is 0 Å². The molecule has 2 amide bonds. The van der Waals surface area contributed by atoms with E-state index in [9.17, 15) is 22.8 Å². The first-order valence-corrected chi connectivity index (χ1v) is 11.6. The molecular formula is C20H28N2O7S. The molecule has 0 aromatic heterocycles. The maximum Gasteiger partial charge on any atom is 0.325 e. The van der Waals surface area contributed by atoms with E-state index in [0.29, 0.717) is 24.2 Å². The molecule has 1 N–H and O–H groups in total. The van der Waals surface area contributed by atoms with Crippen LogP contribution in [0.5, 0.6) is 5.75 Å². The number of hydrogen-bond donors (Lipinski definition) is 1. The number of carbonyl (C=O) groups is 3. The number of amides is 2. The van der Waals surface area contributed by atoms with Gasteiger partial charge >= 0.3 is 5.97 Å². The second-order valence-electron chi connectivity index (χ2n) is 7.19. The first kappa shape index (κ1) is 23.7. The molecular weight excluding hydrogens is 412 g/mol. The van der Waals surface area contributed by atoms with Crippen molar-refractivity contribution in [3.63, 3.8) is 0 Å². The molecule has 1 aliphatic rings. The number of sulfone groups is 1. The summed E-state index contributed by atoms with van der Waals surface area (Å²) in [5.41, 5.74) is 0.352. The van der Waals surface area contributed by atoms with Gasteiger partial charge in [0.15, 0.2) is 16.4 Å². The van der Waals surface area contributed by atoms with E-state index >= 15 is 0 Å². The van der Waals surface area contributed by atoms with Gasteiger partial charge in [-0.25, -0.2) is 8.42 Å². The molecule has 1 saturated heterocycles. The lowest BCUT2D eigenvalue weighted by Crippen LogP contribution is -2.48. The maximum absolute atomic E-state index is 12.6. The Bertz CT molecular complexity index is 868. The van der Waals surface area contributed by atoms with Crippen LogP contribution in [-0.2, 0) is 24.2 Å². The molecule has 1 heterocycles. The monoisotopic (exact) mass is 440 g/mol. The lowest BCUT2D eigenvalue weighted by atomic mass is 10.1. The molecule has 10 heteroatoms. The summed E-state index contributed by atoms with van der Waals surface area (Å²) in [6.45, 7) is 2.84. The van der Waals surface area contributed by atoms with E-state index in [-0.39, 0.29) is 24.1 Å². The smallest absolute Gasteiger partial charge is 0.325 e. The molecule has 1 fully saturated rings. The van der Waals surface area contributed by atoms with Crippen LogP contribution < -0.4 is 10.1 Å². The van der Waals surface area contributed by atoms with Crippen molar-refractivity contribution in [1.29, 1.82) is 0 Å². The molecule has 1 aromatic rings. The summed E-state index contributed by atoms with van der Waals surface area (Å²) in [5.74, 6) is -1.08. The van der Waals surface area contributed by atoms with Gasteiger partial charge in [-0.05, 0) is 44.0 Å². The summed E-state index contributed by atoms with van der Waals surface area (Å²) in [6.07, 6.45) is 1.03. The third-order valence-electron chi connectivity index (χ3n) is 5.06. The van der Waals surface area contributed by atoms with E-state index < -0.39 is 40.3 Å². The number of nitrogens with one attached hydrogen (secondary N) is 1. The fourth-order valence-corrected chi connectivity index (χ4v) is 4.98. The summed E-state index contributed by atoms with van der Waals surface area (Å²) < 4.78 is 33.6. The third kappa shape index (κ3) is 6.45. The van der Waals surface area contributed by atoms with Crippen molar-refractivity contribution in [2.75, 3.05) is 31.8 Å². The molecule has 1 aromatic carbocycles. The Kier molecular flexibility index (Phi) is 8.22. The Morgan fingerprint density at radius 3 is 2.43 bits per heavy atom. The van der Waals surface area contributed by atoms with Crippen molar-refractivity contribution >= 4 is 27.6 Å². The number of nitrogens with zero attached hydrogens (tertiary/aromatic N) is 1. The molecule has 2 atom stereocenters. The van der Waals surface area contributed by atoms with Gasteiger partial charge in [-0.15, -0.1) is 0 Å². The third-order valence-corrected chi connectivity index (χ3v) is 6.81. The molecule has 0 radical (unpaired) electrons. The summed E-state index contributed by atoms with van der Waals surface area (Å²) in [4.78, 5) is 38.1. The summed E-state index contributed by atoms with van der Waals surface area (Å²) >= 11 is 0. The molecule has 9 nitrogen and oxygen atoms in total. The standard InChI is InChI=1S/C20H28N2O7S/c1-4-14(2)22(16-9-10-30(26,27)13-16)18(23)12-29-19(24)11-21-20(25)15-5-7-17(28-3)8-6-15/h5-8,14,16H,4,9-13H2,1-3H3,(H,21,25). The van der Waals surface area contributed by atoms with E-state index in [4.69, 9.17) is 9.47 Å². The van der Waals surface area contributed by atoms with Gasteiger partial charge < -0.3 is 19.7 Å². The van der Waals surface area contributed by atoms with Crippen LogP contribution in [0.4, 0.5) is 0 Å². The Hall–Kier alpha value is -2.62. The number of ether oxygens (including phenoxy) is 2. The Labute approximate surface area is 176 Å². The number of rotatable bonds is 9. The molecule has 0 aliphatic carbocycles. The number of benzene rings is 1. The van der Waals surface area contributed by atoms with E-state index in [1.165, 1.54) is 12.0 Å². The highest BCUT2D eigenvalue weighted by molar-refractivity contribution is 7.91. The van der Waals surface area contributed by atoms with Crippen LogP contribution in [0.15, 0.2) is 24.3 Å². The number of esters is 1. The van der Waals surface area contributed by atoms with Crippen LogP contribution in [0, 0.1) is 0 Å². The van der Waals surface area contributed by atoms with Crippen molar-refractivity contribution in [1.82, 2.24) is 10.2 Å². The van der Waals surface area contributed by atoms with Gasteiger partial charge in [0.05, 0.1) is 18.6 Å². The minimum absolute atomic E-state index is 0.0507. The summed E-state index contributed by atoms with van der Waals surface area (Å²) in [6, 6.07) is 5.78. The summed E-state index contributed by atoms with van der Waals surface area (Å²) in [7, 11) is -1.64. The van der Waals surface area contributed by atoms with E-state index in [1.54, 1.807) is 24.3 Å². The quantitative estimate of drug-likeness (QED) is 0.564. The second kappa shape index (κ2) is 10.4. The topological polar surface area (TPSA) is 119 Å². The molecule has 0 saturated carbocycles. The van der Waals surface area contributed by atoms with E-state index in [1.807, 2.05) is 13.8 Å². The summed E-state index contributed by atoms with van der Waals surface area (Å²) in [5, 5.41) is 2.43. The zero-order chi connectivity index (χ0) is 22.3. The number of methoxy groups -OCH3 is 1. The molecule has 30 heavy (non-hydrogen) atoms. The molecule has 0 spiro atoms. The molecule has 2 unspecified atom stereocenters. The Balaban J connectivity index is 1.85. The normalized spacial score (nSPS) is 18.3. The van der Waals surface area contributed by atoms with Crippen molar-refractivity contribution in [2.45, 2.75) is 38.8 Å². The van der Waals surface area contributed by atoms with Gasteiger partial charge in [0.1, 0.15) is 12.3 Å². The zero-order valence-corrected chi connectivity index (χ0v) is 18.2. The maximum atomic E-state index is 12.6. The average Bonchev–Trinajstić information content (AvgIpc) is 3.09. The van der Waals surface area contributed by atoms with Gasteiger partial charge in [0.25, 0.3) is 11.8 Å². The van der Waals surface area contributed by atoms with Crippen molar-refractivity contribution < 1.29 is 32.3 Å². The highest BCUT2D eigenvalue weighted by Gasteiger charge is 2.36. The minimum atomic E-state index is -3.15. The average molecular weight is 441 g/mol. The van der Waals surface area contributed by atoms with Crippen LogP contribution in [0.3, 0.4) is 0 Å². The minimum Gasteiger partial charge on any atom is -0.497 e. The number of hydrogen-bond acceptors (Lipinski definition) is 7. The van der Waals surface area contributed by atoms with Crippen LogP contribution in [0.2, 0.25) is 0 Å². The fraction of sp³-hybridized carbons (Fsp3) is 0.550. The van der Waals surface area contributed by atoms with Crippen LogP contribution >= 0.6 is 0 Å². The van der Waals surface area contributed by atoms with Crippen molar-refractivity contribution in [3.8, 4) is 5.75 Å². The van der Waals surface area contributed by atoms with Gasteiger partial charge in [-0.2, -0.15) is 0 Å². The van der Waals surface area contributed by atoms with Crippen LogP contribution in [0.25, 0.3) is 0 Å². The first-order chi connectivity index (χ1) is 14.2. The Morgan fingerprint density at radius 1 is 1.23 bits per heavy atom. The molecule has 0 bridgehead atoms. The van der Waals surface area contributed by atoms with Gasteiger partial charge in [-0.3, -0.25) is 14.4 Å². The van der Waals surface area contributed by atoms with Crippen molar-refractivity contribution in [3.05, 3.63) is 29.8 Å². The molecule has 2 rings (SSSR count). The predicted molar refractivity (Wildman–Crippen MR) is 110 cm³/mol. The van der Waals surface area contributed by atoms with E-state index in [0.717, 1.165) is 0 Å². The van der Waals surface area contributed by atoms with Crippen LogP contribution in [0.1, 0.15) is 37.0 Å².